The first-order valence-electron chi connectivity index (χ1n) is 7.36. The molecule has 0 saturated carbocycles. The van der Waals surface area contributed by atoms with Crippen molar-refractivity contribution in [2.75, 3.05) is 5.32 Å². The summed E-state index contributed by atoms with van der Waals surface area (Å²) in [6.45, 7) is 4.64. The van der Waals surface area contributed by atoms with Crippen LogP contribution in [0.2, 0.25) is 0 Å². The highest BCUT2D eigenvalue weighted by Crippen LogP contribution is 2.12. The minimum atomic E-state index is -0.762. The van der Waals surface area contributed by atoms with Crippen LogP contribution >= 0.6 is 0 Å². The van der Waals surface area contributed by atoms with Crippen molar-refractivity contribution in [1.82, 2.24) is 5.32 Å². The molecular weight excluding hydrogens is 298 g/mol. The summed E-state index contributed by atoms with van der Waals surface area (Å²) in [5.41, 5.74) is 6.47. The Bertz CT molecular complexity index is 571. The number of nitrogens with two attached hydrogens (primary N) is 1. The maximum absolute atomic E-state index is 12.1. The lowest BCUT2D eigenvalue weighted by Gasteiger charge is -2.20. The molecule has 0 saturated heterocycles. The van der Waals surface area contributed by atoms with Crippen LogP contribution in [0, 0.1) is 11.8 Å². The van der Waals surface area contributed by atoms with Gasteiger partial charge in [0.1, 0.15) is 6.04 Å². The quantitative estimate of drug-likeness (QED) is 0.580. The SMILES string of the molecule is CC(C(N)=O)[C@H](C)C(=O)N[C@@H](C)C(=O)Nc1ccc(CO)cc1. The van der Waals surface area contributed by atoms with Gasteiger partial charge in [0.15, 0.2) is 0 Å². The molecule has 1 aromatic rings. The number of aliphatic hydroxyl groups is 1. The topological polar surface area (TPSA) is 122 Å². The van der Waals surface area contributed by atoms with E-state index in [0.717, 1.165) is 5.56 Å². The lowest BCUT2D eigenvalue weighted by Crippen LogP contribution is -2.46. The van der Waals surface area contributed by atoms with Gasteiger partial charge in [-0.1, -0.05) is 26.0 Å². The molecule has 7 nitrogen and oxygen atoms in total. The van der Waals surface area contributed by atoms with E-state index in [4.69, 9.17) is 10.8 Å². The van der Waals surface area contributed by atoms with Gasteiger partial charge >= 0.3 is 0 Å². The molecule has 3 amide bonds. The lowest BCUT2D eigenvalue weighted by molar-refractivity contribution is -0.133. The zero-order chi connectivity index (χ0) is 17.6. The van der Waals surface area contributed by atoms with Crippen LogP contribution in [0.5, 0.6) is 0 Å². The molecule has 5 N–H and O–H groups in total. The second kappa shape index (κ2) is 8.28. The van der Waals surface area contributed by atoms with Gasteiger partial charge < -0.3 is 21.5 Å². The summed E-state index contributed by atoms with van der Waals surface area (Å²) in [5.74, 6) is -2.58. The first kappa shape index (κ1) is 18.6. The average Bonchev–Trinajstić information content (AvgIpc) is 2.53. The molecule has 1 unspecified atom stereocenters. The molecule has 1 aromatic carbocycles. The summed E-state index contributed by atoms with van der Waals surface area (Å²) in [7, 11) is 0. The van der Waals surface area contributed by atoms with E-state index in [1.54, 1.807) is 45.0 Å². The third kappa shape index (κ3) is 5.37. The van der Waals surface area contributed by atoms with Gasteiger partial charge in [-0.25, -0.2) is 0 Å². The van der Waals surface area contributed by atoms with Gasteiger partial charge in [-0.15, -0.1) is 0 Å². The van der Waals surface area contributed by atoms with Crippen molar-refractivity contribution < 1.29 is 19.5 Å². The molecule has 23 heavy (non-hydrogen) atoms. The lowest BCUT2D eigenvalue weighted by atomic mass is 9.94. The van der Waals surface area contributed by atoms with Crippen LogP contribution in [0.1, 0.15) is 26.3 Å². The standard InChI is InChI=1S/C16H23N3O4/c1-9(14(17)21)10(2)15(22)18-11(3)16(23)19-13-6-4-12(8-20)5-7-13/h4-7,9-11,20H,8H2,1-3H3,(H2,17,21)(H,18,22)(H,19,23)/t9?,10-,11-/m0/s1. The van der Waals surface area contributed by atoms with Gasteiger partial charge in [0.25, 0.3) is 0 Å². The van der Waals surface area contributed by atoms with Crippen molar-refractivity contribution in [1.29, 1.82) is 0 Å². The second-order valence-corrected chi connectivity index (χ2v) is 5.55. The number of aliphatic hydroxyl groups excluding tert-OH is 1. The minimum Gasteiger partial charge on any atom is -0.392 e. The third-order valence-electron chi connectivity index (χ3n) is 3.77. The van der Waals surface area contributed by atoms with Gasteiger partial charge in [-0.2, -0.15) is 0 Å². The predicted molar refractivity (Wildman–Crippen MR) is 86.1 cm³/mol. The van der Waals surface area contributed by atoms with Gasteiger partial charge in [0.2, 0.25) is 17.7 Å². The number of benzene rings is 1. The zero-order valence-corrected chi connectivity index (χ0v) is 13.5. The summed E-state index contributed by atoms with van der Waals surface area (Å²) < 4.78 is 0. The summed E-state index contributed by atoms with van der Waals surface area (Å²) in [6, 6.07) is 5.94. The Morgan fingerprint density at radius 1 is 1.04 bits per heavy atom. The number of carbonyl (C=O) groups excluding carboxylic acids is 3. The number of carbonyl (C=O) groups is 3. The molecule has 7 heteroatoms. The van der Waals surface area contributed by atoms with Crippen LogP contribution in [0.3, 0.4) is 0 Å². The van der Waals surface area contributed by atoms with Crippen LogP contribution in [0.4, 0.5) is 5.69 Å². The highest BCUT2D eigenvalue weighted by Gasteiger charge is 2.26. The number of rotatable bonds is 7. The zero-order valence-electron chi connectivity index (χ0n) is 13.5. The Balaban J connectivity index is 2.59. The molecule has 0 fully saturated rings. The Morgan fingerprint density at radius 2 is 1.61 bits per heavy atom. The molecule has 0 aliphatic carbocycles. The molecular formula is C16H23N3O4. The molecule has 3 atom stereocenters. The van der Waals surface area contributed by atoms with Gasteiger partial charge in [-0.05, 0) is 24.6 Å². The van der Waals surface area contributed by atoms with Crippen molar-refractivity contribution in [2.24, 2.45) is 17.6 Å². The normalized spacial score (nSPS) is 14.4. The molecule has 0 spiro atoms. The van der Waals surface area contributed by atoms with Gasteiger partial charge in [-0.3, -0.25) is 14.4 Å². The van der Waals surface area contributed by atoms with E-state index in [9.17, 15) is 14.4 Å². The molecule has 0 heterocycles. The van der Waals surface area contributed by atoms with Crippen LogP contribution in [0.25, 0.3) is 0 Å². The van der Waals surface area contributed by atoms with E-state index in [-0.39, 0.29) is 12.5 Å². The Labute approximate surface area is 135 Å². The van der Waals surface area contributed by atoms with Crippen LogP contribution in [-0.2, 0) is 21.0 Å². The highest BCUT2D eigenvalue weighted by molar-refractivity contribution is 5.97. The molecule has 1 rings (SSSR count). The molecule has 0 radical (unpaired) electrons. The van der Waals surface area contributed by atoms with Crippen molar-refractivity contribution in [3.05, 3.63) is 29.8 Å². The van der Waals surface area contributed by atoms with Crippen molar-refractivity contribution >= 4 is 23.4 Å². The summed E-state index contributed by atoms with van der Waals surface area (Å²) in [4.78, 5) is 35.2. The fraction of sp³-hybridized carbons (Fsp3) is 0.438. The predicted octanol–water partition coefficient (Wildman–Crippen LogP) is 0.380. The number of hydrogen-bond acceptors (Lipinski definition) is 4. The molecule has 0 aromatic heterocycles. The third-order valence-corrected chi connectivity index (χ3v) is 3.77. The van der Waals surface area contributed by atoms with Crippen LogP contribution in [-0.4, -0.2) is 28.9 Å². The summed E-state index contributed by atoms with van der Waals surface area (Å²) in [5, 5.41) is 14.2. The molecule has 0 aliphatic rings. The Kier molecular flexibility index (Phi) is 6.71. The van der Waals surface area contributed by atoms with E-state index in [0.29, 0.717) is 5.69 Å². The molecule has 0 aliphatic heterocycles. The smallest absolute Gasteiger partial charge is 0.246 e. The van der Waals surface area contributed by atoms with E-state index in [2.05, 4.69) is 10.6 Å². The van der Waals surface area contributed by atoms with Crippen LogP contribution < -0.4 is 16.4 Å². The summed E-state index contributed by atoms with van der Waals surface area (Å²) >= 11 is 0. The van der Waals surface area contributed by atoms with Gasteiger partial charge in [0.05, 0.1) is 6.61 Å². The first-order valence-corrected chi connectivity index (χ1v) is 7.36. The summed E-state index contributed by atoms with van der Waals surface area (Å²) in [6.07, 6.45) is 0. The molecule has 0 bridgehead atoms. The van der Waals surface area contributed by atoms with Crippen molar-refractivity contribution in [2.45, 2.75) is 33.4 Å². The minimum absolute atomic E-state index is 0.0728. The largest absolute Gasteiger partial charge is 0.392 e. The number of hydrogen-bond donors (Lipinski definition) is 4. The van der Waals surface area contributed by atoms with E-state index < -0.39 is 29.7 Å². The second-order valence-electron chi connectivity index (χ2n) is 5.55. The average molecular weight is 321 g/mol. The van der Waals surface area contributed by atoms with Crippen molar-refractivity contribution in [3.8, 4) is 0 Å². The number of anilines is 1. The van der Waals surface area contributed by atoms with E-state index >= 15 is 0 Å². The van der Waals surface area contributed by atoms with Crippen molar-refractivity contribution in [3.63, 3.8) is 0 Å². The number of primary amides is 1. The highest BCUT2D eigenvalue weighted by atomic mass is 16.3. The molecule has 126 valence electrons. The maximum Gasteiger partial charge on any atom is 0.246 e. The number of nitrogens with one attached hydrogen (secondary N) is 2. The monoisotopic (exact) mass is 321 g/mol. The Hall–Kier alpha value is -2.41. The fourth-order valence-corrected chi connectivity index (χ4v) is 1.83. The van der Waals surface area contributed by atoms with Gasteiger partial charge in [0, 0.05) is 17.5 Å². The Morgan fingerprint density at radius 3 is 2.09 bits per heavy atom. The van der Waals surface area contributed by atoms with E-state index in [1.807, 2.05) is 0 Å². The van der Waals surface area contributed by atoms with Crippen LogP contribution in [0.15, 0.2) is 24.3 Å². The first-order chi connectivity index (χ1) is 10.8. The van der Waals surface area contributed by atoms with E-state index in [1.165, 1.54) is 0 Å². The fourth-order valence-electron chi connectivity index (χ4n) is 1.83. The number of amides is 3. The maximum atomic E-state index is 12.1.